The third kappa shape index (κ3) is 4.83. The maximum atomic E-state index is 13.2. The molecule has 1 aromatic heterocycles. The van der Waals surface area contributed by atoms with E-state index in [4.69, 9.17) is 4.74 Å². The van der Waals surface area contributed by atoms with Crippen LogP contribution in [0.1, 0.15) is 22.3 Å². The zero-order chi connectivity index (χ0) is 21.7. The van der Waals surface area contributed by atoms with E-state index in [2.05, 4.69) is 10.3 Å². The maximum Gasteiger partial charge on any atom is 0.266 e. The molecule has 0 bridgehead atoms. The van der Waals surface area contributed by atoms with Crippen molar-refractivity contribution >= 4 is 28.8 Å². The number of nitrogens with zero attached hydrogens (tertiary/aromatic N) is 2. The smallest absolute Gasteiger partial charge is 0.266 e. The fraction of sp³-hybridized carbons (Fsp3) is 0.227. The molecule has 0 saturated carbocycles. The second-order valence-electron chi connectivity index (χ2n) is 6.51. The van der Waals surface area contributed by atoms with Crippen LogP contribution in [0.25, 0.3) is 10.6 Å². The maximum absolute atomic E-state index is 13.2. The number of carbonyl (C=O) groups excluding carboxylic acids is 2. The standard InChI is InChI=1S/C22H22FN3O3S/c1-4-26(13-19(27)25-17-7-5-6-8-18(17)29-3)22(28)20-14(2)24-21(30-20)15-9-11-16(23)12-10-15/h5-12H,4,13H2,1-3H3,(H,25,27). The fourth-order valence-corrected chi connectivity index (χ4v) is 3.93. The lowest BCUT2D eigenvalue weighted by Gasteiger charge is -2.20. The van der Waals surface area contributed by atoms with E-state index in [-0.39, 0.29) is 24.2 Å². The molecule has 30 heavy (non-hydrogen) atoms. The molecule has 0 aliphatic carbocycles. The Morgan fingerprint density at radius 3 is 2.53 bits per heavy atom. The van der Waals surface area contributed by atoms with E-state index in [9.17, 15) is 14.0 Å². The first-order valence-corrected chi connectivity index (χ1v) is 10.2. The Hall–Kier alpha value is -3.26. The van der Waals surface area contributed by atoms with Crippen molar-refractivity contribution in [3.63, 3.8) is 0 Å². The van der Waals surface area contributed by atoms with Gasteiger partial charge in [-0.25, -0.2) is 9.37 Å². The van der Waals surface area contributed by atoms with Gasteiger partial charge < -0.3 is 15.0 Å². The molecule has 1 N–H and O–H groups in total. The second kappa shape index (κ2) is 9.49. The predicted molar refractivity (Wildman–Crippen MR) is 115 cm³/mol. The van der Waals surface area contributed by atoms with E-state index in [1.54, 1.807) is 37.3 Å². The van der Waals surface area contributed by atoms with Gasteiger partial charge in [0, 0.05) is 12.1 Å². The van der Waals surface area contributed by atoms with Crippen LogP contribution in [0, 0.1) is 12.7 Å². The molecule has 8 heteroatoms. The van der Waals surface area contributed by atoms with Crippen LogP contribution in [-0.4, -0.2) is 41.9 Å². The van der Waals surface area contributed by atoms with E-state index in [0.29, 0.717) is 33.6 Å². The normalized spacial score (nSPS) is 10.5. The number of amides is 2. The zero-order valence-corrected chi connectivity index (χ0v) is 17.8. The van der Waals surface area contributed by atoms with Crippen molar-refractivity contribution in [2.24, 2.45) is 0 Å². The predicted octanol–water partition coefficient (Wildman–Crippen LogP) is 4.37. The van der Waals surface area contributed by atoms with Gasteiger partial charge >= 0.3 is 0 Å². The van der Waals surface area contributed by atoms with E-state index >= 15 is 0 Å². The van der Waals surface area contributed by atoms with Gasteiger partial charge in [0.1, 0.15) is 28.0 Å². The van der Waals surface area contributed by atoms with E-state index in [1.807, 2.05) is 13.0 Å². The quantitative estimate of drug-likeness (QED) is 0.608. The number of nitrogens with one attached hydrogen (secondary N) is 1. The van der Waals surface area contributed by atoms with Crippen LogP contribution in [0.5, 0.6) is 5.75 Å². The summed E-state index contributed by atoms with van der Waals surface area (Å²) in [7, 11) is 1.53. The largest absolute Gasteiger partial charge is 0.495 e. The van der Waals surface area contributed by atoms with Crippen molar-refractivity contribution in [2.75, 3.05) is 25.5 Å². The van der Waals surface area contributed by atoms with Crippen molar-refractivity contribution in [3.05, 3.63) is 64.9 Å². The van der Waals surface area contributed by atoms with Crippen LogP contribution < -0.4 is 10.1 Å². The van der Waals surface area contributed by atoms with Gasteiger partial charge in [-0.3, -0.25) is 9.59 Å². The number of hydrogen-bond acceptors (Lipinski definition) is 5. The van der Waals surface area contributed by atoms with Crippen LogP contribution in [-0.2, 0) is 4.79 Å². The fourth-order valence-electron chi connectivity index (χ4n) is 2.89. The number of benzene rings is 2. The van der Waals surface area contributed by atoms with Crippen molar-refractivity contribution < 1.29 is 18.7 Å². The lowest BCUT2D eigenvalue weighted by molar-refractivity contribution is -0.116. The molecule has 0 aliphatic heterocycles. The van der Waals surface area contributed by atoms with Crippen molar-refractivity contribution in [3.8, 4) is 16.3 Å². The average Bonchev–Trinajstić information content (AvgIpc) is 3.14. The second-order valence-corrected chi connectivity index (χ2v) is 7.51. The van der Waals surface area contributed by atoms with Crippen molar-refractivity contribution in [1.82, 2.24) is 9.88 Å². The minimum atomic E-state index is -0.332. The van der Waals surface area contributed by atoms with Gasteiger partial charge in [0.2, 0.25) is 5.91 Å². The van der Waals surface area contributed by atoms with E-state index < -0.39 is 0 Å². The summed E-state index contributed by atoms with van der Waals surface area (Å²) < 4.78 is 18.4. The number of hydrogen-bond donors (Lipinski definition) is 1. The zero-order valence-electron chi connectivity index (χ0n) is 16.9. The van der Waals surface area contributed by atoms with Crippen molar-refractivity contribution in [1.29, 1.82) is 0 Å². The molecule has 0 fully saturated rings. The van der Waals surface area contributed by atoms with Crippen LogP contribution in [0.3, 0.4) is 0 Å². The SMILES string of the molecule is CCN(CC(=O)Nc1ccccc1OC)C(=O)c1sc(-c2ccc(F)cc2)nc1C. The highest BCUT2D eigenvalue weighted by Crippen LogP contribution is 2.29. The Morgan fingerprint density at radius 1 is 1.17 bits per heavy atom. The number of anilines is 1. The summed E-state index contributed by atoms with van der Waals surface area (Å²) in [5.74, 6) is -0.379. The van der Waals surface area contributed by atoms with Gasteiger partial charge in [-0.2, -0.15) is 0 Å². The molecule has 3 aromatic rings. The highest BCUT2D eigenvalue weighted by Gasteiger charge is 2.23. The summed E-state index contributed by atoms with van der Waals surface area (Å²) in [6, 6.07) is 13.0. The lowest BCUT2D eigenvalue weighted by Crippen LogP contribution is -2.37. The Balaban J connectivity index is 1.74. The number of aromatic nitrogens is 1. The third-order valence-corrected chi connectivity index (χ3v) is 5.66. The minimum absolute atomic E-state index is 0.101. The van der Waals surface area contributed by atoms with Gasteiger partial charge in [0.05, 0.1) is 18.5 Å². The lowest BCUT2D eigenvalue weighted by atomic mass is 10.2. The molecule has 6 nitrogen and oxygen atoms in total. The first kappa shape index (κ1) is 21.4. The summed E-state index contributed by atoms with van der Waals surface area (Å²) in [5.41, 5.74) is 1.86. The van der Waals surface area contributed by atoms with Crippen LogP contribution >= 0.6 is 11.3 Å². The van der Waals surface area contributed by atoms with Gasteiger partial charge in [0.25, 0.3) is 5.91 Å². The van der Waals surface area contributed by atoms with Crippen molar-refractivity contribution in [2.45, 2.75) is 13.8 Å². The summed E-state index contributed by atoms with van der Waals surface area (Å²) in [5, 5.41) is 3.41. The topological polar surface area (TPSA) is 71.5 Å². The number of para-hydroxylation sites is 2. The molecule has 3 rings (SSSR count). The number of ether oxygens (including phenoxy) is 1. The first-order chi connectivity index (χ1) is 14.4. The van der Waals surface area contributed by atoms with Gasteiger partial charge in [-0.05, 0) is 50.2 Å². The summed E-state index contributed by atoms with van der Waals surface area (Å²) in [6.45, 7) is 3.82. The molecule has 0 aliphatic rings. The monoisotopic (exact) mass is 427 g/mol. The van der Waals surface area contributed by atoms with Crippen LogP contribution in [0.15, 0.2) is 48.5 Å². The van der Waals surface area contributed by atoms with Gasteiger partial charge in [0.15, 0.2) is 0 Å². The van der Waals surface area contributed by atoms with Crippen LogP contribution in [0.2, 0.25) is 0 Å². The average molecular weight is 428 g/mol. The summed E-state index contributed by atoms with van der Waals surface area (Å²) in [4.78, 5) is 31.9. The Kier molecular flexibility index (Phi) is 6.79. The number of methoxy groups -OCH3 is 1. The molecular weight excluding hydrogens is 405 g/mol. The number of carbonyl (C=O) groups is 2. The number of aryl methyl sites for hydroxylation is 1. The number of rotatable bonds is 7. The van der Waals surface area contributed by atoms with E-state index in [0.717, 1.165) is 5.56 Å². The van der Waals surface area contributed by atoms with Crippen LogP contribution in [0.4, 0.5) is 10.1 Å². The minimum Gasteiger partial charge on any atom is -0.495 e. The third-order valence-electron chi connectivity index (χ3n) is 4.47. The molecule has 2 amide bonds. The number of halogens is 1. The Bertz CT molecular complexity index is 1050. The molecule has 2 aromatic carbocycles. The van der Waals surface area contributed by atoms with Gasteiger partial charge in [-0.15, -0.1) is 11.3 Å². The molecule has 1 heterocycles. The highest BCUT2D eigenvalue weighted by atomic mass is 32.1. The summed E-state index contributed by atoms with van der Waals surface area (Å²) >= 11 is 1.23. The van der Waals surface area contributed by atoms with E-state index in [1.165, 1.54) is 35.5 Å². The Labute approximate surface area is 178 Å². The molecule has 0 unspecified atom stereocenters. The number of likely N-dealkylation sites (N-methyl/N-ethyl adjacent to an activating group) is 1. The molecule has 0 saturated heterocycles. The highest BCUT2D eigenvalue weighted by molar-refractivity contribution is 7.17. The molecule has 0 spiro atoms. The summed E-state index contributed by atoms with van der Waals surface area (Å²) in [6.07, 6.45) is 0. The molecule has 0 radical (unpaired) electrons. The molecule has 156 valence electrons. The number of thiazole rings is 1. The Morgan fingerprint density at radius 2 is 1.87 bits per heavy atom. The van der Waals surface area contributed by atoms with Gasteiger partial charge in [-0.1, -0.05) is 12.1 Å². The molecular formula is C22H22FN3O3S. The first-order valence-electron chi connectivity index (χ1n) is 9.38. The molecule has 0 atom stereocenters.